The molecule has 1 amide bonds. The predicted octanol–water partition coefficient (Wildman–Crippen LogP) is 2.25. The molecule has 0 aromatic heterocycles. The van der Waals surface area contributed by atoms with Gasteiger partial charge >= 0.3 is 5.97 Å². The molecule has 1 aromatic carbocycles. The van der Waals surface area contributed by atoms with Crippen molar-refractivity contribution < 1.29 is 14.7 Å². The maximum Gasteiger partial charge on any atom is 0.305 e. The average molecular weight is 270 g/mol. The van der Waals surface area contributed by atoms with Crippen LogP contribution in [0.4, 0.5) is 0 Å². The third-order valence-electron chi connectivity index (χ3n) is 2.32. The van der Waals surface area contributed by atoms with E-state index >= 15 is 0 Å². The number of carboxylic acids is 1. The van der Waals surface area contributed by atoms with Gasteiger partial charge < -0.3 is 10.4 Å². The van der Waals surface area contributed by atoms with Gasteiger partial charge in [-0.05, 0) is 31.5 Å². The zero-order chi connectivity index (χ0) is 13.8. The molecule has 0 fully saturated rings. The molecule has 0 aliphatic rings. The van der Waals surface area contributed by atoms with E-state index in [4.69, 9.17) is 16.7 Å². The number of rotatable bonds is 5. The Kier molecular flexibility index (Phi) is 4.73. The number of aliphatic carboxylic acids is 1. The summed E-state index contributed by atoms with van der Waals surface area (Å²) in [6.07, 6.45) is 0.0674. The van der Waals surface area contributed by atoms with Crippen molar-refractivity contribution in [3.8, 4) is 0 Å². The zero-order valence-corrected chi connectivity index (χ0v) is 11.1. The van der Waals surface area contributed by atoms with Crippen LogP contribution in [0.5, 0.6) is 0 Å². The minimum atomic E-state index is -0.942. The van der Waals surface area contributed by atoms with Crippen molar-refractivity contribution in [2.45, 2.75) is 32.2 Å². The number of carboxylic acid groups (broad SMARTS) is 1. The fourth-order valence-corrected chi connectivity index (χ4v) is 1.89. The molecule has 0 radical (unpaired) electrons. The molecule has 4 nitrogen and oxygen atoms in total. The molecule has 0 aliphatic heterocycles. The van der Waals surface area contributed by atoms with Crippen LogP contribution in [0.3, 0.4) is 0 Å². The molecule has 0 saturated carbocycles. The molecule has 0 aliphatic carbocycles. The van der Waals surface area contributed by atoms with E-state index in [2.05, 4.69) is 5.32 Å². The van der Waals surface area contributed by atoms with E-state index in [1.54, 1.807) is 38.1 Å². The lowest BCUT2D eigenvalue weighted by molar-refractivity contribution is -0.138. The highest BCUT2D eigenvalue weighted by atomic mass is 35.5. The van der Waals surface area contributed by atoms with Gasteiger partial charge in [-0.1, -0.05) is 23.7 Å². The van der Waals surface area contributed by atoms with E-state index < -0.39 is 11.5 Å². The summed E-state index contributed by atoms with van der Waals surface area (Å²) in [5, 5.41) is 12.0. The Bertz CT molecular complexity index is 457. The number of carbonyl (C=O) groups excluding carboxylic acids is 1. The van der Waals surface area contributed by atoms with Crippen LogP contribution in [-0.4, -0.2) is 22.5 Å². The lowest BCUT2D eigenvalue weighted by Crippen LogP contribution is -2.45. The van der Waals surface area contributed by atoms with Crippen molar-refractivity contribution >= 4 is 23.5 Å². The molecule has 98 valence electrons. The van der Waals surface area contributed by atoms with Gasteiger partial charge in [0.2, 0.25) is 5.91 Å². The molecule has 0 heterocycles. The molecule has 1 rings (SSSR count). The van der Waals surface area contributed by atoms with Gasteiger partial charge in [-0.2, -0.15) is 0 Å². The Balaban J connectivity index is 2.59. The number of halogens is 1. The Hall–Kier alpha value is -1.55. The van der Waals surface area contributed by atoms with Crippen LogP contribution in [0, 0.1) is 0 Å². The standard InChI is InChI=1S/C13H16ClNO3/c1-13(2,8-12(17)18)15-11(16)7-9-4-3-5-10(14)6-9/h3-6H,7-8H2,1-2H3,(H,15,16)(H,17,18). The van der Waals surface area contributed by atoms with E-state index in [0.29, 0.717) is 5.02 Å². The first-order valence-corrected chi connectivity index (χ1v) is 5.93. The predicted molar refractivity (Wildman–Crippen MR) is 69.6 cm³/mol. The highest BCUT2D eigenvalue weighted by molar-refractivity contribution is 6.30. The van der Waals surface area contributed by atoms with E-state index in [0.717, 1.165) is 5.56 Å². The Morgan fingerprint density at radius 3 is 2.61 bits per heavy atom. The third-order valence-corrected chi connectivity index (χ3v) is 2.56. The van der Waals surface area contributed by atoms with Gasteiger partial charge in [0.25, 0.3) is 0 Å². The quantitative estimate of drug-likeness (QED) is 0.862. The summed E-state index contributed by atoms with van der Waals surface area (Å²) in [6, 6.07) is 7.02. The summed E-state index contributed by atoms with van der Waals surface area (Å²) in [4.78, 5) is 22.4. The van der Waals surface area contributed by atoms with Crippen LogP contribution >= 0.6 is 11.6 Å². The van der Waals surface area contributed by atoms with Crippen LogP contribution in [0.15, 0.2) is 24.3 Å². The van der Waals surface area contributed by atoms with Crippen LogP contribution in [0.2, 0.25) is 5.02 Å². The van der Waals surface area contributed by atoms with E-state index in [1.165, 1.54) is 0 Å². The van der Waals surface area contributed by atoms with Gasteiger partial charge in [0.1, 0.15) is 0 Å². The Morgan fingerprint density at radius 2 is 2.06 bits per heavy atom. The van der Waals surface area contributed by atoms with Crippen molar-refractivity contribution in [1.29, 1.82) is 0 Å². The minimum Gasteiger partial charge on any atom is -0.481 e. The van der Waals surface area contributed by atoms with Crippen LogP contribution in [0.25, 0.3) is 0 Å². The zero-order valence-electron chi connectivity index (χ0n) is 10.4. The largest absolute Gasteiger partial charge is 0.481 e. The maximum atomic E-state index is 11.8. The molecule has 0 saturated heterocycles. The minimum absolute atomic E-state index is 0.117. The molecule has 0 unspecified atom stereocenters. The SMILES string of the molecule is CC(C)(CC(=O)O)NC(=O)Cc1cccc(Cl)c1. The summed E-state index contributed by atoms with van der Waals surface area (Å²) in [7, 11) is 0. The first-order valence-electron chi connectivity index (χ1n) is 5.56. The molecule has 0 spiro atoms. The van der Waals surface area contributed by atoms with E-state index in [1.807, 2.05) is 0 Å². The van der Waals surface area contributed by atoms with Gasteiger partial charge in [-0.25, -0.2) is 0 Å². The van der Waals surface area contributed by atoms with Crippen molar-refractivity contribution in [2.24, 2.45) is 0 Å². The molecular formula is C13H16ClNO3. The number of hydrogen-bond donors (Lipinski definition) is 2. The smallest absolute Gasteiger partial charge is 0.305 e. The third kappa shape index (κ3) is 5.19. The topological polar surface area (TPSA) is 66.4 Å². The molecule has 1 aromatic rings. The van der Waals surface area contributed by atoms with Gasteiger partial charge in [0, 0.05) is 10.6 Å². The Morgan fingerprint density at radius 1 is 1.39 bits per heavy atom. The molecule has 0 bridgehead atoms. The molecule has 0 atom stereocenters. The van der Waals surface area contributed by atoms with Gasteiger partial charge in [0.05, 0.1) is 12.8 Å². The number of nitrogens with one attached hydrogen (secondary N) is 1. The van der Waals surface area contributed by atoms with E-state index in [-0.39, 0.29) is 18.7 Å². The van der Waals surface area contributed by atoms with Crippen molar-refractivity contribution in [2.75, 3.05) is 0 Å². The summed E-state index contributed by atoms with van der Waals surface area (Å²) in [5.74, 6) is -1.16. The highest BCUT2D eigenvalue weighted by Crippen LogP contribution is 2.12. The van der Waals surface area contributed by atoms with Crippen molar-refractivity contribution in [3.63, 3.8) is 0 Å². The summed E-state index contributed by atoms with van der Waals surface area (Å²) < 4.78 is 0. The lowest BCUT2D eigenvalue weighted by Gasteiger charge is -2.24. The molecule has 2 N–H and O–H groups in total. The number of carbonyl (C=O) groups is 2. The van der Waals surface area contributed by atoms with Gasteiger partial charge in [-0.15, -0.1) is 0 Å². The summed E-state index contributed by atoms with van der Waals surface area (Å²) in [5.41, 5.74) is 0.0349. The monoisotopic (exact) mass is 269 g/mol. The average Bonchev–Trinajstić information content (AvgIpc) is 2.13. The normalized spacial score (nSPS) is 11.1. The highest BCUT2D eigenvalue weighted by Gasteiger charge is 2.23. The second kappa shape index (κ2) is 5.87. The van der Waals surface area contributed by atoms with Crippen LogP contribution < -0.4 is 5.32 Å². The second-order valence-electron chi connectivity index (χ2n) is 4.81. The molecule has 5 heteroatoms. The fourth-order valence-electron chi connectivity index (χ4n) is 1.68. The second-order valence-corrected chi connectivity index (χ2v) is 5.25. The first kappa shape index (κ1) is 14.5. The van der Waals surface area contributed by atoms with Gasteiger partial charge in [-0.3, -0.25) is 9.59 Å². The summed E-state index contributed by atoms with van der Waals surface area (Å²) >= 11 is 5.82. The Labute approximate surface area is 111 Å². The fraction of sp³-hybridized carbons (Fsp3) is 0.385. The first-order chi connectivity index (χ1) is 8.28. The van der Waals surface area contributed by atoms with Crippen molar-refractivity contribution in [1.82, 2.24) is 5.32 Å². The van der Waals surface area contributed by atoms with Gasteiger partial charge in [0.15, 0.2) is 0 Å². The summed E-state index contributed by atoms with van der Waals surface area (Å²) in [6.45, 7) is 3.36. The van der Waals surface area contributed by atoms with Crippen LogP contribution in [-0.2, 0) is 16.0 Å². The molecule has 18 heavy (non-hydrogen) atoms. The number of benzene rings is 1. The van der Waals surface area contributed by atoms with E-state index in [9.17, 15) is 9.59 Å². The molecular weight excluding hydrogens is 254 g/mol. The van der Waals surface area contributed by atoms with Crippen molar-refractivity contribution in [3.05, 3.63) is 34.9 Å². The maximum absolute atomic E-state index is 11.8. The number of hydrogen-bond acceptors (Lipinski definition) is 2. The number of amides is 1. The lowest BCUT2D eigenvalue weighted by atomic mass is 10.00. The van der Waals surface area contributed by atoms with Crippen LogP contribution in [0.1, 0.15) is 25.8 Å².